The molecule has 1 aromatic heterocycles. The molecule has 16 heavy (non-hydrogen) atoms. The predicted molar refractivity (Wildman–Crippen MR) is 66.6 cm³/mol. The third kappa shape index (κ3) is 3.44. The van der Waals surface area contributed by atoms with Gasteiger partial charge in [0.05, 0.1) is 0 Å². The molecule has 0 aliphatic carbocycles. The van der Waals surface area contributed by atoms with Gasteiger partial charge >= 0.3 is 0 Å². The monoisotopic (exact) mass is 219 g/mol. The van der Waals surface area contributed by atoms with Gasteiger partial charge in [-0.1, -0.05) is 26.7 Å². The summed E-state index contributed by atoms with van der Waals surface area (Å²) in [6, 6.07) is 1.94. The highest BCUT2D eigenvalue weighted by Crippen LogP contribution is 2.19. The molecule has 2 nitrogen and oxygen atoms in total. The Morgan fingerprint density at radius 1 is 1.25 bits per heavy atom. The van der Waals surface area contributed by atoms with E-state index in [4.69, 9.17) is 0 Å². The zero-order chi connectivity index (χ0) is 12.0. The molecule has 0 radical (unpaired) electrons. The van der Waals surface area contributed by atoms with Crippen molar-refractivity contribution in [3.63, 3.8) is 0 Å². The average molecular weight is 219 g/mol. The number of aryl methyl sites for hydroxylation is 1. The van der Waals surface area contributed by atoms with Crippen molar-refractivity contribution >= 4 is 5.78 Å². The molecule has 0 aliphatic heterocycles. The van der Waals surface area contributed by atoms with Crippen molar-refractivity contribution in [1.29, 1.82) is 0 Å². The standard InChI is InChI=1S/C14H21NO/c1-4-6-12(7-5-2)14(16)13-8-11(3)9-15-10-13/h8-10,12H,4-7H2,1-3H3. The van der Waals surface area contributed by atoms with Crippen LogP contribution < -0.4 is 0 Å². The first-order chi connectivity index (χ1) is 7.69. The van der Waals surface area contributed by atoms with E-state index in [1.165, 1.54) is 0 Å². The molecule has 1 rings (SSSR count). The number of nitrogens with zero attached hydrogens (tertiary/aromatic N) is 1. The third-order valence-corrected chi connectivity index (χ3v) is 2.80. The maximum absolute atomic E-state index is 12.2. The van der Waals surface area contributed by atoms with Crippen LogP contribution in [0.1, 0.15) is 55.5 Å². The molecule has 0 aliphatic rings. The van der Waals surface area contributed by atoms with Gasteiger partial charge in [0.15, 0.2) is 5.78 Å². The number of hydrogen-bond donors (Lipinski definition) is 0. The summed E-state index contributed by atoms with van der Waals surface area (Å²) in [7, 11) is 0. The van der Waals surface area contributed by atoms with Gasteiger partial charge in [0.25, 0.3) is 0 Å². The first kappa shape index (κ1) is 12.9. The second-order valence-corrected chi connectivity index (χ2v) is 4.39. The second kappa shape index (κ2) is 6.41. The maximum atomic E-state index is 12.2. The van der Waals surface area contributed by atoms with E-state index < -0.39 is 0 Å². The molecule has 88 valence electrons. The smallest absolute Gasteiger partial charge is 0.167 e. The van der Waals surface area contributed by atoms with E-state index in [1.807, 2.05) is 13.0 Å². The minimum absolute atomic E-state index is 0.179. The molecule has 0 N–H and O–H groups in total. The van der Waals surface area contributed by atoms with Crippen molar-refractivity contribution in [2.75, 3.05) is 0 Å². The lowest BCUT2D eigenvalue weighted by Crippen LogP contribution is -2.15. The Hall–Kier alpha value is -1.18. The van der Waals surface area contributed by atoms with Crippen molar-refractivity contribution in [3.8, 4) is 0 Å². The maximum Gasteiger partial charge on any atom is 0.167 e. The number of carbonyl (C=O) groups excluding carboxylic acids is 1. The van der Waals surface area contributed by atoms with Crippen LogP contribution in [0.5, 0.6) is 0 Å². The van der Waals surface area contributed by atoms with E-state index in [0.29, 0.717) is 0 Å². The van der Waals surface area contributed by atoms with Crippen molar-refractivity contribution in [2.24, 2.45) is 5.92 Å². The lowest BCUT2D eigenvalue weighted by molar-refractivity contribution is 0.0904. The summed E-state index contributed by atoms with van der Waals surface area (Å²) in [5.74, 6) is 0.443. The Bertz CT molecular complexity index is 340. The van der Waals surface area contributed by atoms with Gasteiger partial charge in [-0.2, -0.15) is 0 Å². The molecular formula is C14H21NO. The van der Waals surface area contributed by atoms with Gasteiger partial charge < -0.3 is 0 Å². The van der Waals surface area contributed by atoms with Crippen molar-refractivity contribution in [2.45, 2.75) is 46.5 Å². The van der Waals surface area contributed by atoms with Crippen LogP contribution in [-0.4, -0.2) is 10.8 Å². The normalized spacial score (nSPS) is 10.8. The summed E-state index contributed by atoms with van der Waals surface area (Å²) in [6.07, 6.45) is 7.58. The van der Waals surface area contributed by atoms with Crippen LogP contribution in [0.4, 0.5) is 0 Å². The van der Waals surface area contributed by atoms with E-state index in [1.54, 1.807) is 12.4 Å². The molecule has 0 saturated heterocycles. The Kier molecular flexibility index (Phi) is 5.17. The molecule has 0 saturated carbocycles. The topological polar surface area (TPSA) is 30.0 Å². The molecule has 0 unspecified atom stereocenters. The van der Waals surface area contributed by atoms with E-state index in [2.05, 4.69) is 18.8 Å². The lowest BCUT2D eigenvalue weighted by Gasteiger charge is -2.13. The summed E-state index contributed by atoms with van der Waals surface area (Å²) < 4.78 is 0. The summed E-state index contributed by atoms with van der Waals surface area (Å²) in [4.78, 5) is 16.3. The summed E-state index contributed by atoms with van der Waals surface area (Å²) in [5.41, 5.74) is 1.82. The number of hydrogen-bond acceptors (Lipinski definition) is 2. The van der Waals surface area contributed by atoms with Crippen LogP contribution in [0.25, 0.3) is 0 Å². The zero-order valence-corrected chi connectivity index (χ0v) is 10.5. The zero-order valence-electron chi connectivity index (χ0n) is 10.5. The molecule has 0 spiro atoms. The van der Waals surface area contributed by atoms with Gasteiger partial charge in [-0.3, -0.25) is 9.78 Å². The lowest BCUT2D eigenvalue weighted by atomic mass is 9.90. The molecule has 2 heteroatoms. The van der Waals surface area contributed by atoms with Crippen LogP contribution >= 0.6 is 0 Å². The number of ketones is 1. The number of aromatic nitrogens is 1. The van der Waals surface area contributed by atoms with Gasteiger partial charge in [-0.25, -0.2) is 0 Å². The van der Waals surface area contributed by atoms with Crippen LogP contribution in [0.2, 0.25) is 0 Å². The fraction of sp³-hybridized carbons (Fsp3) is 0.571. The molecular weight excluding hydrogens is 198 g/mol. The highest BCUT2D eigenvalue weighted by molar-refractivity contribution is 5.97. The number of Topliss-reactive ketones (excluding diaryl/α,β-unsaturated/α-hetero) is 1. The van der Waals surface area contributed by atoms with Crippen molar-refractivity contribution in [3.05, 3.63) is 29.6 Å². The van der Waals surface area contributed by atoms with Crippen LogP contribution in [0.15, 0.2) is 18.5 Å². The fourth-order valence-electron chi connectivity index (χ4n) is 2.03. The number of rotatable bonds is 6. The molecule has 0 fully saturated rings. The SMILES string of the molecule is CCCC(CCC)C(=O)c1cncc(C)c1. The van der Waals surface area contributed by atoms with Gasteiger partial charge in [0, 0.05) is 23.9 Å². The van der Waals surface area contributed by atoms with Gasteiger partial charge in [-0.05, 0) is 31.4 Å². The van der Waals surface area contributed by atoms with E-state index in [0.717, 1.165) is 36.8 Å². The Balaban J connectivity index is 2.81. The Morgan fingerprint density at radius 3 is 2.38 bits per heavy atom. The highest BCUT2D eigenvalue weighted by atomic mass is 16.1. The highest BCUT2D eigenvalue weighted by Gasteiger charge is 2.18. The predicted octanol–water partition coefficient (Wildman–Crippen LogP) is 3.79. The minimum atomic E-state index is 0.179. The summed E-state index contributed by atoms with van der Waals surface area (Å²) >= 11 is 0. The van der Waals surface area contributed by atoms with E-state index in [-0.39, 0.29) is 11.7 Å². The van der Waals surface area contributed by atoms with Gasteiger partial charge in [0.2, 0.25) is 0 Å². The number of pyridine rings is 1. The number of carbonyl (C=O) groups is 1. The van der Waals surface area contributed by atoms with Gasteiger partial charge in [0.1, 0.15) is 0 Å². The third-order valence-electron chi connectivity index (χ3n) is 2.80. The molecule has 1 heterocycles. The van der Waals surface area contributed by atoms with Crippen molar-refractivity contribution in [1.82, 2.24) is 4.98 Å². The van der Waals surface area contributed by atoms with Gasteiger partial charge in [-0.15, -0.1) is 0 Å². The average Bonchev–Trinajstić information content (AvgIpc) is 2.28. The van der Waals surface area contributed by atoms with Crippen molar-refractivity contribution < 1.29 is 4.79 Å². The summed E-state index contributed by atoms with van der Waals surface area (Å²) in [6.45, 7) is 6.23. The Labute approximate surface area is 98.1 Å². The minimum Gasteiger partial charge on any atom is -0.294 e. The largest absolute Gasteiger partial charge is 0.294 e. The van der Waals surface area contributed by atoms with E-state index >= 15 is 0 Å². The first-order valence-electron chi connectivity index (χ1n) is 6.14. The van der Waals surface area contributed by atoms with Crippen LogP contribution in [0, 0.1) is 12.8 Å². The van der Waals surface area contributed by atoms with Crippen LogP contribution in [-0.2, 0) is 0 Å². The quantitative estimate of drug-likeness (QED) is 0.681. The Morgan fingerprint density at radius 2 is 1.88 bits per heavy atom. The first-order valence-corrected chi connectivity index (χ1v) is 6.14. The fourth-order valence-corrected chi connectivity index (χ4v) is 2.03. The molecule has 0 bridgehead atoms. The summed E-state index contributed by atoms with van der Waals surface area (Å²) in [5, 5.41) is 0. The molecule has 0 amide bonds. The van der Waals surface area contributed by atoms with Crippen LogP contribution in [0.3, 0.4) is 0 Å². The molecule has 0 atom stereocenters. The molecule has 1 aromatic rings. The van der Waals surface area contributed by atoms with E-state index in [9.17, 15) is 4.79 Å². The molecule has 0 aromatic carbocycles. The second-order valence-electron chi connectivity index (χ2n) is 4.39.